The zero-order valence-electron chi connectivity index (χ0n) is 7.72. The molecule has 5 heteroatoms. The van der Waals surface area contributed by atoms with E-state index in [0.29, 0.717) is 10.1 Å². The van der Waals surface area contributed by atoms with Crippen molar-refractivity contribution in [2.45, 2.75) is 0 Å². The molecule has 1 aromatic heterocycles. The molecule has 0 amide bonds. The summed E-state index contributed by atoms with van der Waals surface area (Å²) in [5.74, 6) is 0. The molecule has 0 fully saturated rings. The van der Waals surface area contributed by atoms with E-state index in [2.05, 4.69) is 10.3 Å². The predicted molar refractivity (Wildman–Crippen MR) is 65.3 cm³/mol. The van der Waals surface area contributed by atoms with Crippen LogP contribution in [0.5, 0.6) is 0 Å². The molecular formula is C10H8ClN3S. The highest BCUT2D eigenvalue weighted by Gasteiger charge is 1.99. The summed E-state index contributed by atoms with van der Waals surface area (Å²) in [6, 6.07) is 7.35. The van der Waals surface area contributed by atoms with E-state index in [1.807, 2.05) is 12.1 Å². The van der Waals surface area contributed by atoms with Gasteiger partial charge >= 0.3 is 0 Å². The van der Waals surface area contributed by atoms with Gasteiger partial charge in [-0.3, -0.25) is 4.57 Å². The lowest BCUT2D eigenvalue weighted by Crippen LogP contribution is -2.17. The largest absolute Gasteiger partial charge is 0.332 e. The van der Waals surface area contributed by atoms with Crippen LogP contribution in [-0.2, 0) is 0 Å². The molecule has 0 radical (unpaired) electrons. The van der Waals surface area contributed by atoms with Crippen LogP contribution in [0.15, 0.2) is 43.0 Å². The summed E-state index contributed by atoms with van der Waals surface area (Å²) in [5.41, 5.74) is 0.901. The molecule has 0 aliphatic rings. The van der Waals surface area contributed by atoms with Gasteiger partial charge in [-0.25, -0.2) is 4.98 Å². The summed E-state index contributed by atoms with van der Waals surface area (Å²) in [4.78, 5) is 3.91. The number of aromatic nitrogens is 2. The van der Waals surface area contributed by atoms with Gasteiger partial charge in [0.05, 0.1) is 0 Å². The highest BCUT2D eigenvalue weighted by Crippen LogP contribution is 2.13. The molecule has 0 atom stereocenters. The smallest absolute Gasteiger partial charge is 0.182 e. The lowest BCUT2D eigenvalue weighted by atomic mass is 10.3. The number of imidazole rings is 1. The first-order chi connectivity index (χ1) is 7.25. The molecule has 2 rings (SSSR count). The zero-order valence-corrected chi connectivity index (χ0v) is 9.29. The van der Waals surface area contributed by atoms with Crippen LogP contribution in [0, 0.1) is 0 Å². The van der Waals surface area contributed by atoms with Crippen molar-refractivity contribution in [3.63, 3.8) is 0 Å². The zero-order chi connectivity index (χ0) is 10.7. The van der Waals surface area contributed by atoms with Gasteiger partial charge in [0.2, 0.25) is 0 Å². The molecule has 1 aromatic carbocycles. The number of thiocarbonyl (C=S) groups is 1. The number of hydrogen-bond donors (Lipinski definition) is 1. The normalized spacial score (nSPS) is 9.93. The van der Waals surface area contributed by atoms with E-state index < -0.39 is 0 Å². The van der Waals surface area contributed by atoms with Crippen molar-refractivity contribution in [2.75, 3.05) is 5.32 Å². The number of halogens is 1. The average molecular weight is 238 g/mol. The lowest BCUT2D eigenvalue weighted by molar-refractivity contribution is 1.15. The molecule has 0 unspecified atom stereocenters. The van der Waals surface area contributed by atoms with E-state index in [1.165, 1.54) is 0 Å². The Labute approximate surface area is 97.7 Å². The fourth-order valence-corrected chi connectivity index (χ4v) is 1.45. The van der Waals surface area contributed by atoms with Gasteiger partial charge in [-0.2, -0.15) is 0 Å². The molecule has 2 aromatic rings. The molecule has 1 heterocycles. The average Bonchev–Trinajstić information content (AvgIpc) is 2.74. The number of rotatable bonds is 1. The minimum atomic E-state index is 0.579. The van der Waals surface area contributed by atoms with E-state index in [1.54, 1.807) is 35.4 Å². The van der Waals surface area contributed by atoms with Gasteiger partial charge in [0.1, 0.15) is 6.33 Å². The van der Waals surface area contributed by atoms with E-state index in [0.717, 1.165) is 5.69 Å². The van der Waals surface area contributed by atoms with Gasteiger partial charge in [-0.1, -0.05) is 11.6 Å². The molecule has 76 valence electrons. The highest BCUT2D eigenvalue weighted by atomic mass is 35.5. The van der Waals surface area contributed by atoms with Crippen molar-refractivity contribution in [2.24, 2.45) is 0 Å². The summed E-state index contributed by atoms with van der Waals surface area (Å²) in [7, 11) is 0. The Kier molecular flexibility index (Phi) is 2.99. The maximum atomic E-state index is 5.77. The second kappa shape index (κ2) is 4.42. The summed E-state index contributed by atoms with van der Waals surface area (Å²) in [5, 5.41) is 4.35. The number of anilines is 1. The third-order valence-electron chi connectivity index (χ3n) is 1.83. The summed E-state index contributed by atoms with van der Waals surface area (Å²) < 4.78 is 1.73. The highest BCUT2D eigenvalue weighted by molar-refractivity contribution is 7.80. The Hall–Kier alpha value is -1.39. The van der Waals surface area contributed by atoms with Crippen LogP contribution < -0.4 is 5.32 Å². The van der Waals surface area contributed by atoms with Crippen LogP contribution >= 0.6 is 23.8 Å². The molecule has 0 saturated carbocycles. The minimum Gasteiger partial charge on any atom is -0.332 e. The van der Waals surface area contributed by atoms with Crippen LogP contribution in [0.25, 0.3) is 0 Å². The van der Waals surface area contributed by atoms with Gasteiger partial charge < -0.3 is 5.32 Å². The molecule has 0 spiro atoms. The third-order valence-corrected chi connectivity index (χ3v) is 2.40. The van der Waals surface area contributed by atoms with Crippen LogP contribution in [0.2, 0.25) is 5.02 Å². The van der Waals surface area contributed by atoms with E-state index in [-0.39, 0.29) is 0 Å². The summed E-state index contributed by atoms with van der Waals surface area (Å²) in [6.07, 6.45) is 5.10. The van der Waals surface area contributed by atoms with Crippen LogP contribution in [0.4, 0.5) is 5.69 Å². The number of nitrogens with zero attached hydrogens (tertiary/aromatic N) is 2. The van der Waals surface area contributed by atoms with Gasteiger partial charge in [0.25, 0.3) is 0 Å². The first-order valence-corrected chi connectivity index (χ1v) is 5.09. The van der Waals surface area contributed by atoms with E-state index in [9.17, 15) is 0 Å². The molecule has 1 N–H and O–H groups in total. The maximum absolute atomic E-state index is 5.77. The molecule has 0 aliphatic heterocycles. The maximum Gasteiger partial charge on any atom is 0.182 e. The molecular weight excluding hydrogens is 230 g/mol. The van der Waals surface area contributed by atoms with Crippen LogP contribution in [0.3, 0.4) is 0 Å². The standard InChI is InChI=1S/C10H8ClN3S/c11-8-1-3-9(4-2-8)13-10(15)14-6-5-12-7-14/h1-7H,(H,13,15). The Balaban J connectivity index is 2.09. The Bertz CT molecular complexity index is 450. The van der Waals surface area contributed by atoms with Crippen molar-refractivity contribution < 1.29 is 0 Å². The molecule has 0 aliphatic carbocycles. The van der Waals surface area contributed by atoms with E-state index >= 15 is 0 Å². The van der Waals surface area contributed by atoms with Crippen molar-refractivity contribution >= 4 is 34.6 Å². The number of benzene rings is 1. The van der Waals surface area contributed by atoms with Crippen molar-refractivity contribution in [3.8, 4) is 0 Å². The first kappa shape index (κ1) is 10.1. The Morgan fingerprint density at radius 2 is 2.07 bits per heavy atom. The monoisotopic (exact) mass is 237 g/mol. The molecule has 0 bridgehead atoms. The SMILES string of the molecule is S=C(Nc1ccc(Cl)cc1)n1ccnc1. The summed E-state index contributed by atoms with van der Waals surface area (Å²) >= 11 is 10.9. The van der Waals surface area contributed by atoms with Gasteiger partial charge in [0.15, 0.2) is 5.11 Å². The second-order valence-corrected chi connectivity index (χ2v) is 3.73. The van der Waals surface area contributed by atoms with Gasteiger partial charge in [-0.05, 0) is 36.5 Å². The molecule has 3 nitrogen and oxygen atoms in total. The third kappa shape index (κ3) is 2.55. The van der Waals surface area contributed by atoms with Crippen LogP contribution in [0.1, 0.15) is 0 Å². The number of nitrogens with one attached hydrogen (secondary N) is 1. The number of hydrogen-bond acceptors (Lipinski definition) is 2. The Morgan fingerprint density at radius 3 is 2.67 bits per heavy atom. The van der Waals surface area contributed by atoms with Crippen LogP contribution in [-0.4, -0.2) is 14.7 Å². The fourth-order valence-electron chi connectivity index (χ4n) is 1.10. The van der Waals surface area contributed by atoms with Crippen molar-refractivity contribution in [3.05, 3.63) is 48.0 Å². The predicted octanol–water partition coefficient (Wildman–Crippen LogP) is 2.78. The van der Waals surface area contributed by atoms with E-state index in [4.69, 9.17) is 23.8 Å². The van der Waals surface area contributed by atoms with Gasteiger partial charge in [0, 0.05) is 23.1 Å². The second-order valence-electron chi connectivity index (χ2n) is 2.91. The van der Waals surface area contributed by atoms with Gasteiger partial charge in [-0.15, -0.1) is 0 Å². The molecule has 0 saturated heterocycles. The van der Waals surface area contributed by atoms with Crippen molar-refractivity contribution in [1.82, 2.24) is 9.55 Å². The minimum absolute atomic E-state index is 0.579. The summed E-state index contributed by atoms with van der Waals surface area (Å²) in [6.45, 7) is 0. The molecule has 15 heavy (non-hydrogen) atoms. The lowest BCUT2D eigenvalue weighted by Gasteiger charge is -2.07. The van der Waals surface area contributed by atoms with Crippen molar-refractivity contribution in [1.29, 1.82) is 0 Å². The quantitative estimate of drug-likeness (QED) is 0.774. The topological polar surface area (TPSA) is 29.9 Å². The Morgan fingerprint density at radius 1 is 1.33 bits per heavy atom. The fraction of sp³-hybridized carbons (Fsp3) is 0. The first-order valence-electron chi connectivity index (χ1n) is 4.30.